The molecule has 0 heterocycles. The summed E-state index contributed by atoms with van der Waals surface area (Å²) < 4.78 is 11.9. The second-order valence-electron chi connectivity index (χ2n) is 4.58. The van der Waals surface area contributed by atoms with Gasteiger partial charge in [-0.1, -0.05) is 30.3 Å². The molecule has 1 aromatic carbocycles. The Kier molecular flexibility index (Phi) is 6.82. The molecule has 1 aromatic rings. The minimum absolute atomic E-state index is 0.237. The lowest BCUT2D eigenvalue weighted by atomic mass is 10.2. The molecule has 3 heteroatoms. The predicted molar refractivity (Wildman–Crippen MR) is 70.8 cm³/mol. The van der Waals surface area contributed by atoms with Crippen LogP contribution in [0.25, 0.3) is 0 Å². The van der Waals surface area contributed by atoms with Crippen LogP contribution in [0.2, 0.25) is 0 Å². The SMILES string of the molecule is CC(CN(C)Cc1ccccc1)NCCCF. The number of likely N-dealkylation sites (N-methyl/N-ethyl adjacent to an activating group) is 1. The van der Waals surface area contributed by atoms with Gasteiger partial charge in [-0.25, -0.2) is 0 Å². The lowest BCUT2D eigenvalue weighted by Gasteiger charge is -2.22. The third kappa shape index (κ3) is 6.39. The Morgan fingerprint density at radius 1 is 1.29 bits per heavy atom. The van der Waals surface area contributed by atoms with Crippen molar-refractivity contribution >= 4 is 0 Å². The van der Waals surface area contributed by atoms with Crippen molar-refractivity contribution in [3.05, 3.63) is 35.9 Å². The summed E-state index contributed by atoms with van der Waals surface area (Å²) in [4.78, 5) is 2.28. The van der Waals surface area contributed by atoms with Crippen molar-refractivity contribution in [2.75, 3.05) is 26.8 Å². The molecule has 0 bridgehead atoms. The average molecular weight is 238 g/mol. The Hall–Kier alpha value is -0.930. The van der Waals surface area contributed by atoms with Gasteiger partial charge in [0.1, 0.15) is 0 Å². The van der Waals surface area contributed by atoms with E-state index in [2.05, 4.69) is 48.5 Å². The first-order chi connectivity index (χ1) is 8.22. The van der Waals surface area contributed by atoms with E-state index in [0.717, 1.165) is 19.6 Å². The zero-order valence-corrected chi connectivity index (χ0v) is 10.8. The molecule has 0 aliphatic rings. The highest BCUT2D eigenvalue weighted by Gasteiger charge is 2.05. The van der Waals surface area contributed by atoms with E-state index in [9.17, 15) is 4.39 Å². The first-order valence-electron chi connectivity index (χ1n) is 6.24. The van der Waals surface area contributed by atoms with E-state index >= 15 is 0 Å². The van der Waals surface area contributed by atoms with Gasteiger partial charge in [-0.2, -0.15) is 0 Å². The van der Waals surface area contributed by atoms with Gasteiger partial charge in [-0.3, -0.25) is 4.39 Å². The van der Waals surface area contributed by atoms with Crippen molar-refractivity contribution in [2.45, 2.75) is 25.9 Å². The number of halogens is 1. The standard InChI is InChI=1S/C14H23FN2/c1-13(16-10-6-9-15)11-17(2)12-14-7-4-3-5-8-14/h3-5,7-8,13,16H,6,9-12H2,1-2H3. The molecule has 0 saturated carbocycles. The minimum Gasteiger partial charge on any atom is -0.313 e. The number of hydrogen-bond acceptors (Lipinski definition) is 2. The summed E-state index contributed by atoms with van der Waals surface area (Å²) in [6, 6.07) is 10.8. The van der Waals surface area contributed by atoms with Crippen LogP contribution in [0.3, 0.4) is 0 Å². The van der Waals surface area contributed by atoms with Crippen LogP contribution in [0.4, 0.5) is 4.39 Å². The van der Waals surface area contributed by atoms with E-state index in [1.165, 1.54) is 5.56 Å². The normalized spacial score (nSPS) is 12.9. The van der Waals surface area contributed by atoms with Gasteiger partial charge in [-0.15, -0.1) is 0 Å². The molecule has 1 unspecified atom stereocenters. The fourth-order valence-electron chi connectivity index (χ4n) is 1.91. The molecule has 0 spiro atoms. The van der Waals surface area contributed by atoms with Gasteiger partial charge in [-0.05, 0) is 32.5 Å². The van der Waals surface area contributed by atoms with Crippen LogP contribution < -0.4 is 5.32 Å². The van der Waals surface area contributed by atoms with Crippen molar-refractivity contribution in [3.63, 3.8) is 0 Å². The monoisotopic (exact) mass is 238 g/mol. The summed E-state index contributed by atoms with van der Waals surface area (Å²) in [6.07, 6.45) is 0.604. The maximum atomic E-state index is 11.9. The average Bonchev–Trinajstić information content (AvgIpc) is 2.30. The maximum Gasteiger partial charge on any atom is 0.0906 e. The van der Waals surface area contributed by atoms with Gasteiger partial charge >= 0.3 is 0 Å². The van der Waals surface area contributed by atoms with E-state index in [4.69, 9.17) is 0 Å². The molecular formula is C14H23FN2. The molecule has 0 radical (unpaired) electrons. The molecular weight excluding hydrogens is 215 g/mol. The Morgan fingerprint density at radius 2 is 2.00 bits per heavy atom. The number of hydrogen-bond donors (Lipinski definition) is 1. The van der Waals surface area contributed by atoms with Gasteiger partial charge in [0.2, 0.25) is 0 Å². The fourth-order valence-corrected chi connectivity index (χ4v) is 1.91. The van der Waals surface area contributed by atoms with Crippen molar-refractivity contribution in [2.24, 2.45) is 0 Å². The van der Waals surface area contributed by atoms with Crippen molar-refractivity contribution in [1.29, 1.82) is 0 Å². The highest BCUT2D eigenvalue weighted by molar-refractivity contribution is 5.14. The molecule has 0 fully saturated rings. The van der Waals surface area contributed by atoms with Crippen molar-refractivity contribution in [3.8, 4) is 0 Å². The first kappa shape index (κ1) is 14.1. The van der Waals surface area contributed by atoms with Crippen LogP contribution in [0, 0.1) is 0 Å². The molecule has 0 aromatic heterocycles. The van der Waals surface area contributed by atoms with E-state index in [1.807, 2.05) is 6.07 Å². The first-order valence-corrected chi connectivity index (χ1v) is 6.24. The summed E-state index contributed by atoms with van der Waals surface area (Å²) in [5.74, 6) is 0. The molecule has 2 nitrogen and oxygen atoms in total. The summed E-state index contributed by atoms with van der Waals surface area (Å²) in [6.45, 7) is 4.59. The van der Waals surface area contributed by atoms with E-state index in [-0.39, 0.29) is 6.67 Å². The molecule has 0 amide bonds. The fraction of sp³-hybridized carbons (Fsp3) is 0.571. The molecule has 1 rings (SSSR count). The Balaban J connectivity index is 2.22. The van der Waals surface area contributed by atoms with Crippen LogP contribution in [-0.4, -0.2) is 37.8 Å². The Labute approximate surface area is 104 Å². The maximum absolute atomic E-state index is 11.9. The van der Waals surface area contributed by atoms with Gasteiger partial charge in [0.05, 0.1) is 6.67 Å². The summed E-state index contributed by atoms with van der Waals surface area (Å²) in [5.41, 5.74) is 1.32. The number of nitrogens with zero attached hydrogens (tertiary/aromatic N) is 1. The summed E-state index contributed by atoms with van der Waals surface area (Å²) in [7, 11) is 2.11. The Bertz CT molecular complexity index is 290. The Morgan fingerprint density at radius 3 is 2.65 bits per heavy atom. The molecule has 1 N–H and O–H groups in total. The molecule has 96 valence electrons. The number of rotatable bonds is 8. The summed E-state index contributed by atoms with van der Waals surface area (Å²) in [5, 5.41) is 3.32. The topological polar surface area (TPSA) is 15.3 Å². The van der Waals surface area contributed by atoms with E-state index in [1.54, 1.807) is 0 Å². The smallest absolute Gasteiger partial charge is 0.0906 e. The van der Waals surface area contributed by atoms with Gasteiger partial charge < -0.3 is 10.2 Å². The molecule has 17 heavy (non-hydrogen) atoms. The number of alkyl halides is 1. The highest BCUT2D eigenvalue weighted by Crippen LogP contribution is 2.02. The minimum atomic E-state index is -0.237. The van der Waals surface area contributed by atoms with E-state index < -0.39 is 0 Å². The zero-order valence-electron chi connectivity index (χ0n) is 10.8. The summed E-state index contributed by atoms with van der Waals surface area (Å²) >= 11 is 0. The molecule has 0 aliphatic carbocycles. The predicted octanol–water partition coefficient (Wildman–Crippen LogP) is 2.46. The van der Waals surface area contributed by atoms with E-state index in [0.29, 0.717) is 12.5 Å². The lowest BCUT2D eigenvalue weighted by molar-refractivity contribution is 0.287. The van der Waals surface area contributed by atoms with Crippen LogP contribution >= 0.6 is 0 Å². The van der Waals surface area contributed by atoms with Crippen LogP contribution in [0.15, 0.2) is 30.3 Å². The van der Waals surface area contributed by atoms with Crippen molar-refractivity contribution < 1.29 is 4.39 Å². The number of benzene rings is 1. The van der Waals surface area contributed by atoms with Crippen molar-refractivity contribution in [1.82, 2.24) is 10.2 Å². The molecule has 0 saturated heterocycles. The zero-order chi connectivity index (χ0) is 12.5. The van der Waals surface area contributed by atoms with Crippen LogP contribution in [0.1, 0.15) is 18.9 Å². The van der Waals surface area contributed by atoms with Gasteiger partial charge in [0.25, 0.3) is 0 Å². The third-order valence-corrected chi connectivity index (χ3v) is 2.68. The quantitative estimate of drug-likeness (QED) is 0.700. The highest BCUT2D eigenvalue weighted by atomic mass is 19.1. The van der Waals surface area contributed by atoms with Gasteiger partial charge in [0.15, 0.2) is 0 Å². The third-order valence-electron chi connectivity index (χ3n) is 2.68. The van der Waals surface area contributed by atoms with Crippen LogP contribution in [0.5, 0.6) is 0 Å². The molecule has 1 atom stereocenters. The largest absolute Gasteiger partial charge is 0.313 e. The van der Waals surface area contributed by atoms with Gasteiger partial charge in [0, 0.05) is 19.1 Å². The second kappa shape index (κ2) is 8.20. The second-order valence-corrected chi connectivity index (χ2v) is 4.58. The molecule has 0 aliphatic heterocycles. The lowest BCUT2D eigenvalue weighted by Crippen LogP contribution is -2.37. The van der Waals surface area contributed by atoms with Crippen LogP contribution in [-0.2, 0) is 6.54 Å². The number of nitrogens with one attached hydrogen (secondary N) is 1.